The van der Waals surface area contributed by atoms with Gasteiger partial charge in [-0.1, -0.05) is 91.0 Å². The van der Waals surface area contributed by atoms with Crippen molar-refractivity contribution in [3.63, 3.8) is 0 Å². The van der Waals surface area contributed by atoms with Crippen LogP contribution in [0.4, 0.5) is 0 Å². The molecule has 3 rings (SSSR count). The van der Waals surface area contributed by atoms with Gasteiger partial charge in [-0.25, -0.2) is 5.01 Å². The molecule has 0 spiro atoms. The second-order valence-electron chi connectivity index (χ2n) is 8.38. The fourth-order valence-corrected chi connectivity index (χ4v) is 4.09. The maximum atomic E-state index is 12.1. The van der Waals surface area contributed by atoms with Gasteiger partial charge in [0.25, 0.3) is 0 Å². The van der Waals surface area contributed by atoms with E-state index in [0.717, 1.165) is 16.7 Å². The quantitative estimate of drug-likeness (QED) is 0.170. The van der Waals surface area contributed by atoms with E-state index in [9.17, 15) is 14.7 Å². The Morgan fingerprint density at radius 3 is 1.72 bits per heavy atom. The number of nitrogens with zero attached hydrogens (tertiary/aromatic N) is 6. The SMILES string of the molecule is CN(C[C@H](c1ccccc1)N(C[C@H](Cc1ccccc1)N(CCc1ccccc1)N=O)N=O)N=O.[Na]. The van der Waals surface area contributed by atoms with Gasteiger partial charge in [-0.05, 0) is 29.5 Å². The zero-order valence-electron chi connectivity index (χ0n) is 20.8. The molecule has 183 valence electrons. The first-order chi connectivity index (χ1) is 17.1. The van der Waals surface area contributed by atoms with Gasteiger partial charge in [-0.15, -0.1) is 14.7 Å². The Kier molecular flexibility index (Phi) is 12.7. The number of likely N-dealkylation sites (N-methyl/N-ethyl adjacent to an activating group) is 1. The van der Waals surface area contributed by atoms with Gasteiger partial charge < -0.3 is 0 Å². The van der Waals surface area contributed by atoms with Crippen molar-refractivity contribution >= 4 is 29.6 Å². The molecule has 0 aliphatic carbocycles. The van der Waals surface area contributed by atoms with Crippen molar-refractivity contribution in [2.75, 3.05) is 26.7 Å². The average molecular weight is 498 g/mol. The van der Waals surface area contributed by atoms with E-state index in [0.29, 0.717) is 19.4 Å². The smallest absolute Gasteiger partial charge is 0.0945 e. The number of hydrogen-bond donors (Lipinski definition) is 0. The molecule has 0 saturated carbocycles. The van der Waals surface area contributed by atoms with E-state index >= 15 is 0 Å². The third-order valence-electron chi connectivity index (χ3n) is 5.94. The summed E-state index contributed by atoms with van der Waals surface area (Å²) in [5.74, 6) is 0. The van der Waals surface area contributed by atoms with Crippen LogP contribution in [-0.2, 0) is 12.8 Å². The normalized spacial score (nSPS) is 11.9. The molecule has 3 aromatic rings. The minimum absolute atomic E-state index is 0. The van der Waals surface area contributed by atoms with Crippen LogP contribution < -0.4 is 0 Å². The van der Waals surface area contributed by atoms with Crippen LogP contribution in [0.1, 0.15) is 22.7 Å². The van der Waals surface area contributed by atoms with Crippen molar-refractivity contribution in [3.8, 4) is 0 Å². The van der Waals surface area contributed by atoms with E-state index < -0.39 is 12.1 Å². The number of rotatable bonds is 15. The molecule has 10 heteroatoms. The number of hydrogen-bond acceptors (Lipinski definition) is 6. The summed E-state index contributed by atoms with van der Waals surface area (Å²) in [6.45, 7) is 0.699. The summed E-state index contributed by atoms with van der Waals surface area (Å²) in [5, 5.41) is 13.7. The third kappa shape index (κ3) is 8.82. The van der Waals surface area contributed by atoms with Gasteiger partial charge in [0, 0.05) is 43.1 Å². The Balaban J connectivity index is 0.00000456. The minimum Gasteiger partial charge on any atom is -0.261 e. The molecule has 0 N–H and O–H groups in total. The third-order valence-corrected chi connectivity index (χ3v) is 5.94. The van der Waals surface area contributed by atoms with Crippen molar-refractivity contribution < 1.29 is 0 Å². The van der Waals surface area contributed by atoms with E-state index in [1.165, 1.54) is 15.0 Å². The molecule has 0 fully saturated rings. The molecule has 0 saturated heterocycles. The van der Waals surface area contributed by atoms with Crippen LogP contribution in [0.5, 0.6) is 0 Å². The first kappa shape index (κ1) is 29.1. The van der Waals surface area contributed by atoms with Crippen LogP contribution in [-0.4, -0.2) is 77.3 Å². The summed E-state index contributed by atoms with van der Waals surface area (Å²) in [7, 11) is 1.55. The molecule has 0 aliphatic rings. The van der Waals surface area contributed by atoms with Crippen LogP contribution in [0, 0.1) is 14.7 Å². The molecule has 0 heterocycles. The van der Waals surface area contributed by atoms with Crippen molar-refractivity contribution in [1.29, 1.82) is 0 Å². The molecule has 36 heavy (non-hydrogen) atoms. The van der Waals surface area contributed by atoms with Gasteiger partial charge in [-0.3, -0.25) is 10.0 Å². The molecule has 0 aromatic heterocycles. The van der Waals surface area contributed by atoms with E-state index in [-0.39, 0.29) is 42.6 Å². The van der Waals surface area contributed by atoms with Crippen LogP contribution in [0.15, 0.2) is 107 Å². The number of benzene rings is 3. The molecule has 9 nitrogen and oxygen atoms in total. The number of nitroso groups, excluding NO2 is 3. The van der Waals surface area contributed by atoms with Crippen LogP contribution in [0.25, 0.3) is 0 Å². The summed E-state index contributed by atoms with van der Waals surface area (Å²) in [6, 6.07) is 28.0. The van der Waals surface area contributed by atoms with Gasteiger partial charge in [0.2, 0.25) is 0 Å². The fourth-order valence-electron chi connectivity index (χ4n) is 4.09. The summed E-state index contributed by atoms with van der Waals surface area (Å²) >= 11 is 0. The summed E-state index contributed by atoms with van der Waals surface area (Å²) in [6.07, 6.45) is 1.13. The molecule has 3 aromatic carbocycles. The van der Waals surface area contributed by atoms with Crippen molar-refractivity contribution in [2.45, 2.75) is 24.9 Å². The predicted octanol–water partition coefficient (Wildman–Crippen LogP) is 4.78. The van der Waals surface area contributed by atoms with Crippen molar-refractivity contribution in [2.24, 2.45) is 15.9 Å². The zero-order valence-corrected chi connectivity index (χ0v) is 22.8. The first-order valence-corrected chi connectivity index (χ1v) is 11.5. The van der Waals surface area contributed by atoms with E-state index in [2.05, 4.69) is 15.9 Å². The van der Waals surface area contributed by atoms with Gasteiger partial charge in [-0.2, -0.15) is 0 Å². The molecule has 1 radical (unpaired) electrons. The summed E-state index contributed by atoms with van der Waals surface area (Å²) < 4.78 is 0. The van der Waals surface area contributed by atoms with Crippen molar-refractivity contribution in [3.05, 3.63) is 122 Å². The molecular formula is C26H30N6NaO3. The van der Waals surface area contributed by atoms with Crippen LogP contribution >= 0.6 is 0 Å². The zero-order chi connectivity index (χ0) is 24.9. The minimum atomic E-state index is -0.530. The fraction of sp³-hybridized carbons (Fsp3) is 0.308. The Bertz CT molecular complexity index is 1050. The van der Waals surface area contributed by atoms with Gasteiger partial charge in [0.15, 0.2) is 0 Å². The Morgan fingerprint density at radius 1 is 0.667 bits per heavy atom. The van der Waals surface area contributed by atoms with Gasteiger partial charge >= 0.3 is 0 Å². The summed E-state index contributed by atoms with van der Waals surface area (Å²) in [4.78, 5) is 35.2. The Hall–Kier alpha value is -3.14. The van der Waals surface area contributed by atoms with E-state index in [1.54, 1.807) is 7.05 Å². The topological polar surface area (TPSA) is 98.0 Å². The maximum Gasteiger partial charge on any atom is 0.0945 e. The summed E-state index contributed by atoms with van der Waals surface area (Å²) in [5.41, 5.74) is 2.92. The molecule has 0 unspecified atom stereocenters. The van der Waals surface area contributed by atoms with Gasteiger partial charge in [0.05, 0.1) is 41.0 Å². The average Bonchev–Trinajstić information content (AvgIpc) is 2.92. The second kappa shape index (κ2) is 15.8. The largest absolute Gasteiger partial charge is 0.261 e. The Labute approximate surface area is 233 Å². The monoisotopic (exact) mass is 497 g/mol. The van der Waals surface area contributed by atoms with Crippen LogP contribution in [0.2, 0.25) is 0 Å². The molecule has 2 atom stereocenters. The molecule has 0 aliphatic heterocycles. The van der Waals surface area contributed by atoms with E-state index in [1.807, 2.05) is 91.0 Å². The first-order valence-electron chi connectivity index (χ1n) is 11.5. The standard InChI is InChI=1S/C26H30N6O3.Na/c1-30(27-33)21-26(24-15-9-4-10-16-24)32(29-35)20-25(19-23-13-7-3-8-14-23)31(28-34)18-17-22-11-5-2-6-12-22;/h2-16,25-26H,17-21H2,1H3;/t25-,26+;/m0./s1. The van der Waals surface area contributed by atoms with E-state index in [4.69, 9.17) is 0 Å². The molecule has 0 amide bonds. The van der Waals surface area contributed by atoms with Crippen LogP contribution in [0.3, 0.4) is 0 Å². The predicted molar refractivity (Wildman–Crippen MR) is 142 cm³/mol. The second-order valence-corrected chi connectivity index (χ2v) is 8.38. The molecule has 0 bridgehead atoms. The maximum absolute atomic E-state index is 12.1. The van der Waals surface area contributed by atoms with Gasteiger partial charge in [0.1, 0.15) is 0 Å². The molecular weight excluding hydrogens is 467 g/mol. The van der Waals surface area contributed by atoms with Crippen molar-refractivity contribution in [1.82, 2.24) is 15.0 Å². The Morgan fingerprint density at radius 2 is 1.19 bits per heavy atom.